The number of hydrogen-bond donors (Lipinski definition) is 1. The molecule has 0 bridgehead atoms. The van der Waals surface area contributed by atoms with E-state index < -0.39 is 8.07 Å². The molecule has 0 aliphatic rings. The lowest BCUT2D eigenvalue weighted by atomic mass is 10.1. The summed E-state index contributed by atoms with van der Waals surface area (Å²) in [4.78, 5) is 0. The van der Waals surface area contributed by atoms with Crippen molar-refractivity contribution >= 4 is 35.4 Å². The van der Waals surface area contributed by atoms with Gasteiger partial charge in [0.05, 0.1) is 0 Å². The Kier molecular flexibility index (Phi) is 3.56. The summed E-state index contributed by atoms with van der Waals surface area (Å²) < 4.78 is 0. The topological polar surface area (TPSA) is 12.0 Å². The van der Waals surface area contributed by atoms with E-state index in [9.17, 15) is 0 Å². The van der Waals surface area contributed by atoms with Crippen LogP contribution in [0.25, 0.3) is 10.8 Å². The van der Waals surface area contributed by atoms with Crippen molar-refractivity contribution in [3.8, 4) is 0 Å². The molecule has 1 N–H and O–H groups in total. The van der Waals surface area contributed by atoms with Crippen molar-refractivity contribution in [1.82, 2.24) is 0 Å². The lowest BCUT2D eigenvalue weighted by molar-refractivity contribution is 1.58. The lowest BCUT2D eigenvalue weighted by Crippen LogP contribution is -2.37. The van der Waals surface area contributed by atoms with Gasteiger partial charge in [-0.15, -0.1) is 8.07 Å². The van der Waals surface area contributed by atoms with Gasteiger partial charge in [-0.25, -0.2) is 0 Å². The molecule has 0 aliphatic heterocycles. The first kappa shape index (κ1) is 13.9. The monoisotopic (exact) mass is 291 g/mol. The second-order valence-corrected chi connectivity index (χ2v) is 11.6. The van der Waals surface area contributed by atoms with Crippen molar-refractivity contribution in [2.24, 2.45) is 0 Å². The molecule has 0 heterocycles. The van der Waals surface area contributed by atoms with Crippen molar-refractivity contribution in [1.29, 1.82) is 0 Å². The Balaban J connectivity index is 1.92. The molecule has 0 unspecified atom stereocenters. The number of nitrogens with one attached hydrogen (secondary N) is 1. The first-order valence-electron chi connectivity index (χ1n) is 7.39. The molecule has 0 aromatic heterocycles. The van der Waals surface area contributed by atoms with Crippen LogP contribution in [0.5, 0.6) is 0 Å². The van der Waals surface area contributed by atoms with Crippen molar-refractivity contribution in [3.63, 3.8) is 0 Å². The van der Waals surface area contributed by atoms with Gasteiger partial charge in [0.1, 0.15) is 0 Å². The average Bonchev–Trinajstić information content (AvgIpc) is 2.47. The number of hydrogen-bond acceptors (Lipinski definition) is 1. The van der Waals surface area contributed by atoms with E-state index in [1.807, 2.05) is 0 Å². The Morgan fingerprint density at radius 2 is 1.38 bits per heavy atom. The third kappa shape index (κ3) is 3.00. The molecular formula is C19H21NSi-. The molecule has 0 amide bonds. The number of benzene rings is 3. The molecule has 0 fully saturated rings. The highest BCUT2D eigenvalue weighted by atomic mass is 28.3. The van der Waals surface area contributed by atoms with Crippen LogP contribution < -0.4 is 10.5 Å². The standard InChI is InChI=1S/C19H21NSi/c1-21(2,3)17-13-11-16(12-14-17)20-19-10-6-8-15-7-4-5-9-18(15)19/h4-14,20H,1-3H3/q-1. The van der Waals surface area contributed by atoms with E-state index in [1.165, 1.54) is 16.0 Å². The maximum Gasteiger partial charge on any atom is 0.0463 e. The maximum atomic E-state index is 3.54. The Morgan fingerprint density at radius 3 is 2.10 bits per heavy atom. The molecule has 3 aromatic rings. The smallest absolute Gasteiger partial charge is 0.0463 e. The van der Waals surface area contributed by atoms with Crippen molar-refractivity contribution in [3.05, 3.63) is 66.7 Å². The van der Waals surface area contributed by atoms with E-state index in [0.29, 0.717) is 0 Å². The molecule has 0 atom stereocenters. The van der Waals surface area contributed by atoms with Gasteiger partial charge in [-0.3, -0.25) is 0 Å². The van der Waals surface area contributed by atoms with Crippen molar-refractivity contribution < 1.29 is 0 Å². The van der Waals surface area contributed by atoms with Gasteiger partial charge in [-0.2, -0.15) is 24.8 Å². The zero-order valence-corrected chi connectivity index (χ0v) is 13.9. The summed E-state index contributed by atoms with van der Waals surface area (Å²) in [5, 5.41) is 7.56. The van der Waals surface area contributed by atoms with Gasteiger partial charge in [-0.05, 0) is 23.6 Å². The minimum atomic E-state index is -1.22. The third-order valence-corrected chi connectivity index (χ3v) is 5.88. The SMILES string of the molecule is C[Si-](C)(C)c1ccc(Nc2cccc3ccccc23)cc1. The third-order valence-electron chi connectivity index (χ3n) is 3.82. The fourth-order valence-electron chi connectivity index (χ4n) is 2.54. The number of anilines is 2. The molecule has 0 aliphatic carbocycles. The Bertz CT molecular complexity index is 749. The highest BCUT2D eigenvalue weighted by molar-refractivity contribution is 6.88. The summed E-state index contributed by atoms with van der Waals surface area (Å²) in [5.74, 6) is 0. The van der Waals surface area contributed by atoms with Gasteiger partial charge in [-0.1, -0.05) is 48.5 Å². The van der Waals surface area contributed by atoms with Crippen LogP contribution in [0, 0.1) is 0 Å². The maximum absolute atomic E-state index is 3.54. The molecule has 3 rings (SSSR count). The van der Waals surface area contributed by atoms with Gasteiger partial charge >= 0.3 is 0 Å². The predicted octanol–water partition coefficient (Wildman–Crippen LogP) is 5.13. The summed E-state index contributed by atoms with van der Waals surface area (Å²) in [5.41, 5.74) is 2.31. The fraction of sp³-hybridized carbons (Fsp3) is 0.158. The second kappa shape index (κ2) is 5.38. The molecule has 0 saturated carbocycles. The summed E-state index contributed by atoms with van der Waals surface area (Å²) >= 11 is 0. The van der Waals surface area contributed by atoms with Crippen LogP contribution >= 0.6 is 0 Å². The van der Waals surface area contributed by atoms with Crippen LogP contribution in [0.3, 0.4) is 0 Å². The molecule has 107 valence electrons. The van der Waals surface area contributed by atoms with Gasteiger partial charge in [0.15, 0.2) is 0 Å². The predicted molar refractivity (Wildman–Crippen MR) is 96.7 cm³/mol. The summed E-state index contributed by atoms with van der Waals surface area (Å²) in [6, 6.07) is 23.8. The quantitative estimate of drug-likeness (QED) is 0.660. The fourth-order valence-corrected chi connectivity index (χ4v) is 3.71. The normalized spacial score (nSPS) is 11.6. The largest absolute Gasteiger partial charge is 0.355 e. The second-order valence-electron chi connectivity index (χ2n) is 6.48. The summed E-state index contributed by atoms with van der Waals surface area (Å²) in [6.45, 7) is 7.13. The van der Waals surface area contributed by atoms with Crippen LogP contribution in [0.1, 0.15) is 0 Å². The summed E-state index contributed by atoms with van der Waals surface area (Å²) in [6.07, 6.45) is 0. The van der Waals surface area contributed by atoms with Crippen LogP contribution in [0.2, 0.25) is 19.6 Å². The molecule has 21 heavy (non-hydrogen) atoms. The zero-order chi connectivity index (χ0) is 14.9. The molecular weight excluding hydrogens is 270 g/mol. The molecule has 2 heteroatoms. The van der Waals surface area contributed by atoms with Crippen molar-refractivity contribution in [2.45, 2.75) is 19.6 Å². The molecule has 0 radical (unpaired) electrons. The van der Waals surface area contributed by atoms with E-state index in [1.54, 1.807) is 0 Å². The van der Waals surface area contributed by atoms with E-state index in [-0.39, 0.29) is 0 Å². The van der Waals surface area contributed by atoms with Crippen LogP contribution in [-0.2, 0) is 0 Å². The molecule has 1 nitrogen and oxygen atoms in total. The number of fused-ring (bicyclic) bond motifs is 1. The highest BCUT2D eigenvalue weighted by Crippen LogP contribution is 2.26. The van der Waals surface area contributed by atoms with Crippen molar-refractivity contribution in [2.75, 3.05) is 5.32 Å². The van der Waals surface area contributed by atoms with E-state index in [4.69, 9.17) is 0 Å². The Labute approximate surface area is 127 Å². The Morgan fingerprint density at radius 1 is 0.714 bits per heavy atom. The molecule has 0 saturated heterocycles. The van der Waals surface area contributed by atoms with Gasteiger partial charge in [0.25, 0.3) is 0 Å². The van der Waals surface area contributed by atoms with E-state index >= 15 is 0 Å². The molecule has 0 spiro atoms. The minimum Gasteiger partial charge on any atom is -0.355 e. The van der Waals surface area contributed by atoms with Crippen LogP contribution in [0.15, 0.2) is 66.7 Å². The molecule has 3 aromatic carbocycles. The van der Waals surface area contributed by atoms with Crippen LogP contribution in [0.4, 0.5) is 11.4 Å². The first-order chi connectivity index (χ1) is 10.0. The highest BCUT2D eigenvalue weighted by Gasteiger charge is 2.04. The van der Waals surface area contributed by atoms with Gasteiger partial charge in [0.2, 0.25) is 0 Å². The first-order valence-corrected chi connectivity index (χ1v) is 10.9. The van der Waals surface area contributed by atoms with E-state index in [2.05, 4.69) is 91.7 Å². The van der Waals surface area contributed by atoms with Gasteiger partial charge < -0.3 is 5.32 Å². The number of rotatable bonds is 3. The van der Waals surface area contributed by atoms with Crippen LogP contribution in [-0.4, -0.2) is 8.07 Å². The minimum absolute atomic E-state index is 1.15. The van der Waals surface area contributed by atoms with Gasteiger partial charge in [0, 0.05) is 16.8 Å². The summed E-state index contributed by atoms with van der Waals surface area (Å²) in [7, 11) is -1.22. The zero-order valence-electron chi connectivity index (χ0n) is 12.9. The average molecular weight is 291 g/mol. The lowest BCUT2D eigenvalue weighted by Gasteiger charge is -2.29. The Hall–Kier alpha value is -2.06. The van der Waals surface area contributed by atoms with E-state index in [0.717, 1.165) is 11.4 Å².